The number of hydrogen-bond donors (Lipinski definition) is 1. The third-order valence-corrected chi connectivity index (χ3v) is 1.81. The molecule has 0 aliphatic rings. The van der Waals surface area contributed by atoms with E-state index in [0.29, 0.717) is 6.07 Å². The lowest BCUT2D eigenvalue weighted by molar-refractivity contribution is -0.390. The van der Waals surface area contributed by atoms with Crippen LogP contribution in [0, 0.1) is 10.1 Å². The van der Waals surface area contributed by atoms with Crippen LogP contribution >= 0.6 is 11.6 Å². The van der Waals surface area contributed by atoms with E-state index in [2.05, 4.69) is 4.98 Å². The fraction of sp³-hybridized carbons (Fsp3) is 0.143. The minimum Gasteiger partial charge on any atom is -0.504 e. The molecule has 6 nitrogen and oxygen atoms in total. The fourth-order valence-electron chi connectivity index (χ4n) is 0.951. The molecule has 16 heavy (non-hydrogen) atoms. The van der Waals surface area contributed by atoms with Crippen LogP contribution in [0.4, 0.5) is 14.6 Å². The van der Waals surface area contributed by atoms with Crippen molar-refractivity contribution in [3.63, 3.8) is 0 Å². The first kappa shape index (κ1) is 12.2. The molecule has 0 aliphatic carbocycles. The lowest BCUT2D eigenvalue weighted by atomic mass is 10.2. The van der Waals surface area contributed by atoms with Gasteiger partial charge in [0.15, 0.2) is 5.75 Å². The molecule has 1 aromatic heterocycles. The first-order valence-corrected chi connectivity index (χ1v) is 4.08. The number of nitro groups is 1. The second kappa shape index (κ2) is 4.35. The Kier molecular flexibility index (Phi) is 3.33. The average Bonchev–Trinajstić information content (AvgIpc) is 2.15. The van der Waals surface area contributed by atoms with E-state index >= 15 is 0 Å². The van der Waals surface area contributed by atoms with Crippen LogP contribution in [0.1, 0.15) is 22.5 Å². The number of carbonyl (C=O) groups excluding carboxylic acids is 1. The van der Waals surface area contributed by atoms with Crippen LogP contribution in [0.3, 0.4) is 0 Å². The van der Waals surface area contributed by atoms with Crippen molar-refractivity contribution in [2.45, 2.75) is 6.43 Å². The van der Waals surface area contributed by atoms with Gasteiger partial charge < -0.3 is 15.2 Å². The molecule has 0 aliphatic heterocycles. The second-order valence-corrected chi connectivity index (χ2v) is 2.94. The van der Waals surface area contributed by atoms with Crippen molar-refractivity contribution < 1.29 is 23.6 Å². The molecule has 86 valence electrons. The summed E-state index contributed by atoms with van der Waals surface area (Å²) in [5.41, 5.74) is -1.91. The summed E-state index contributed by atoms with van der Waals surface area (Å²) in [4.78, 5) is 22.9. The molecule has 1 N–H and O–H groups in total. The van der Waals surface area contributed by atoms with Gasteiger partial charge in [-0.15, -0.1) is 0 Å². The normalized spacial score (nSPS) is 10.5. The number of alkyl halides is 2. The van der Waals surface area contributed by atoms with E-state index in [0.717, 1.165) is 0 Å². The van der Waals surface area contributed by atoms with Gasteiger partial charge in [-0.3, -0.25) is 4.79 Å². The van der Waals surface area contributed by atoms with Crippen molar-refractivity contribution in [3.05, 3.63) is 27.4 Å². The van der Waals surface area contributed by atoms with E-state index < -0.39 is 39.4 Å². The third kappa shape index (κ3) is 2.22. The number of halogens is 3. The molecular formula is C7H3ClF2N2O4. The Hall–Kier alpha value is -1.83. The fourth-order valence-corrected chi connectivity index (χ4v) is 1.09. The van der Waals surface area contributed by atoms with Gasteiger partial charge in [-0.05, 0) is 21.5 Å². The Morgan fingerprint density at radius 2 is 2.19 bits per heavy atom. The molecule has 0 spiro atoms. The van der Waals surface area contributed by atoms with Crippen molar-refractivity contribution in [2.75, 3.05) is 0 Å². The zero-order valence-corrected chi connectivity index (χ0v) is 8.11. The summed E-state index contributed by atoms with van der Waals surface area (Å²) in [5, 5.41) is 18.2. The van der Waals surface area contributed by atoms with Gasteiger partial charge in [0.25, 0.3) is 10.9 Å². The van der Waals surface area contributed by atoms with Gasteiger partial charge in [-0.25, -0.2) is 8.78 Å². The molecule has 1 aromatic rings. The average molecular weight is 253 g/mol. The molecule has 0 amide bonds. The highest BCUT2D eigenvalue weighted by Crippen LogP contribution is 2.31. The van der Waals surface area contributed by atoms with Crippen LogP contribution < -0.4 is 0 Å². The van der Waals surface area contributed by atoms with Crippen LogP contribution in [-0.4, -0.2) is 20.3 Å². The van der Waals surface area contributed by atoms with Crippen LogP contribution in [0.2, 0.25) is 0 Å². The van der Waals surface area contributed by atoms with Crippen molar-refractivity contribution in [2.24, 2.45) is 0 Å². The van der Waals surface area contributed by atoms with E-state index in [1.165, 1.54) is 0 Å². The summed E-state index contributed by atoms with van der Waals surface area (Å²) in [5.74, 6) is -2.14. The first-order chi connectivity index (χ1) is 7.34. The van der Waals surface area contributed by atoms with Crippen LogP contribution in [0.25, 0.3) is 0 Å². The summed E-state index contributed by atoms with van der Waals surface area (Å²) in [6, 6.07) is 0.488. The van der Waals surface area contributed by atoms with Crippen molar-refractivity contribution in [3.8, 4) is 5.75 Å². The molecule has 9 heteroatoms. The van der Waals surface area contributed by atoms with Crippen molar-refractivity contribution >= 4 is 22.7 Å². The number of aromatic hydroxyl groups is 1. The molecule has 0 fully saturated rings. The maximum Gasteiger partial charge on any atom is 0.376 e. The Morgan fingerprint density at radius 1 is 1.62 bits per heavy atom. The summed E-state index contributed by atoms with van der Waals surface area (Å²) >= 11 is 4.97. The standard InChI is InChI=1S/C7H3ClF2N2O4/c8-5(14)2-1-3(13)4(6(9)10)11-7(2)12(15)16/h1,6,13H. The summed E-state index contributed by atoms with van der Waals surface area (Å²) in [6.07, 6.45) is -3.20. The van der Waals surface area contributed by atoms with E-state index in [1.807, 2.05) is 0 Å². The molecule has 0 radical (unpaired) electrons. The Labute approximate surface area is 91.6 Å². The minimum atomic E-state index is -3.20. The van der Waals surface area contributed by atoms with Gasteiger partial charge in [-0.2, -0.15) is 0 Å². The quantitative estimate of drug-likeness (QED) is 0.504. The van der Waals surface area contributed by atoms with E-state index in [9.17, 15) is 23.7 Å². The number of nitrogens with zero attached hydrogens (tertiary/aromatic N) is 2. The molecule has 0 atom stereocenters. The zero-order valence-electron chi connectivity index (χ0n) is 7.35. The number of pyridine rings is 1. The van der Waals surface area contributed by atoms with Gasteiger partial charge in [0.2, 0.25) is 0 Å². The Bertz CT molecular complexity index is 466. The molecular weight excluding hydrogens is 250 g/mol. The highest BCUT2D eigenvalue weighted by atomic mass is 35.5. The van der Waals surface area contributed by atoms with Gasteiger partial charge in [-0.1, -0.05) is 0 Å². The number of aromatic nitrogens is 1. The highest BCUT2D eigenvalue weighted by molar-refractivity contribution is 6.68. The van der Waals surface area contributed by atoms with Crippen molar-refractivity contribution in [1.82, 2.24) is 4.98 Å². The molecule has 0 saturated heterocycles. The summed E-state index contributed by atoms with van der Waals surface area (Å²) in [6.45, 7) is 0. The topological polar surface area (TPSA) is 93.3 Å². The van der Waals surface area contributed by atoms with Gasteiger partial charge in [0.05, 0.1) is 0 Å². The largest absolute Gasteiger partial charge is 0.504 e. The van der Waals surface area contributed by atoms with Gasteiger partial charge in [0, 0.05) is 6.07 Å². The maximum atomic E-state index is 12.2. The lowest BCUT2D eigenvalue weighted by Crippen LogP contribution is -2.04. The Balaban J connectivity index is 3.49. The predicted molar refractivity (Wildman–Crippen MR) is 47.7 cm³/mol. The van der Waals surface area contributed by atoms with E-state index in [-0.39, 0.29) is 0 Å². The SMILES string of the molecule is O=C(Cl)c1cc(O)c(C(F)F)nc1[N+](=O)[O-]. The van der Waals surface area contributed by atoms with Crippen LogP contribution in [0.5, 0.6) is 5.75 Å². The first-order valence-electron chi connectivity index (χ1n) is 3.71. The minimum absolute atomic E-state index is 0.488. The van der Waals surface area contributed by atoms with E-state index in [4.69, 9.17) is 16.7 Å². The van der Waals surface area contributed by atoms with Crippen LogP contribution in [0.15, 0.2) is 6.07 Å². The maximum absolute atomic E-state index is 12.2. The van der Waals surface area contributed by atoms with Crippen molar-refractivity contribution in [1.29, 1.82) is 0 Å². The molecule has 0 saturated carbocycles. The monoisotopic (exact) mass is 252 g/mol. The molecule has 1 rings (SSSR count). The number of rotatable bonds is 3. The number of carbonyl (C=O) groups is 1. The smallest absolute Gasteiger partial charge is 0.376 e. The highest BCUT2D eigenvalue weighted by Gasteiger charge is 2.29. The Morgan fingerprint density at radius 3 is 2.56 bits per heavy atom. The van der Waals surface area contributed by atoms with E-state index in [1.54, 1.807) is 0 Å². The molecule has 0 aromatic carbocycles. The van der Waals surface area contributed by atoms with Gasteiger partial charge in [0.1, 0.15) is 5.56 Å². The lowest BCUT2D eigenvalue weighted by Gasteiger charge is -2.01. The third-order valence-electron chi connectivity index (χ3n) is 1.60. The summed E-state index contributed by atoms with van der Waals surface area (Å²) in [7, 11) is 0. The molecule has 1 heterocycles. The molecule has 0 bridgehead atoms. The predicted octanol–water partition coefficient (Wildman–Crippen LogP) is 2.01. The summed E-state index contributed by atoms with van der Waals surface area (Å²) < 4.78 is 24.5. The zero-order chi connectivity index (χ0) is 12.5. The molecule has 0 unspecified atom stereocenters. The van der Waals surface area contributed by atoms with Crippen LogP contribution in [-0.2, 0) is 0 Å². The number of hydrogen-bond acceptors (Lipinski definition) is 5. The second-order valence-electron chi connectivity index (χ2n) is 2.60. The van der Waals surface area contributed by atoms with Gasteiger partial charge >= 0.3 is 12.2 Å².